The molecule has 2 aromatic heterocycles. The van der Waals surface area contributed by atoms with E-state index in [1.807, 2.05) is 4.57 Å². The van der Waals surface area contributed by atoms with Crippen LogP contribution in [0.5, 0.6) is 0 Å². The second kappa shape index (κ2) is 4.84. The predicted molar refractivity (Wildman–Crippen MR) is 71.4 cm³/mol. The number of hydrogen-bond donors (Lipinski definition) is 1. The van der Waals surface area contributed by atoms with Crippen molar-refractivity contribution in [1.29, 1.82) is 0 Å². The fourth-order valence-electron chi connectivity index (χ4n) is 2.17. The summed E-state index contributed by atoms with van der Waals surface area (Å²) in [7, 11) is -1.95. The van der Waals surface area contributed by atoms with E-state index in [0.717, 1.165) is 0 Å². The number of anilines is 1. The van der Waals surface area contributed by atoms with Crippen LogP contribution in [0, 0.1) is 0 Å². The smallest absolute Gasteiger partial charge is 0.247 e. The number of nitrogens with zero attached hydrogens (tertiary/aromatic N) is 5. The van der Waals surface area contributed by atoms with E-state index < -0.39 is 10.0 Å². The Kier molecular flexibility index (Phi) is 3.14. The van der Waals surface area contributed by atoms with E-state index in [-0.39, 0.29) is 11.4 Å². The van der Waals surface area contributed by atoms with Crippen LogP contribution in [0.25, 0.3) is 0 Å². The molecule has 0 radical (unpaired) electrons. The van der Waals surface area contributed by atoms with E-state index in [1.54, 1.807) is 31.7 Å². The summed E-state index contributed by atoms with van der Waals surface area (Å²) in [6.07, 6.45) is 3.17. The van der Waals surface area contributed by atoms with Gasteiger partial charge < -0.3 is 9.88 Å². The quantitative estimate of drug-likeness (QED) is 0.851. The molecule has 0 fully saturated rings. The number of nitrogens with one attached hydrogen (secondary N) is 1. The lowest BCUT2D eigenvalue weighted by molar-refractivity contribution is 0.335. The largest absolute Gasteiger partial charge is 0.372 e. The average Bonchev–Trinajstić information content (AvgIpc) is 2.94. The molecule has 0 aromatic carbocycles. The fraction of sp³-hybridized carbons (Fsp3) is 0.364. The van der Waals surface area contributed by atoms with Crippen molar-refractivity contribution < 1.29 is 8.42 Å². The molecule has 0 aliphatic carbocycles. The Labute approximate surface area is 116 Å². The molecule has 8 nitrogen and oxygen atoms in total. The van der Waals surface area contributed by atoms with Gasteiger partial charge in [0.2, 0.25) is 10.0 Å². The van der Waals surface area contributed by atoms with Gasteiger partial charge in [0, 0.05) is 26.3 Å². The number of hydrogen-bond acceptors (Lipinski definition) is 6. The molecule has 1 N–H and O–H groups in total. The van der Waals surface area contributed by atoms with Crippen LogP contribution < -0.4 is 5.32 Å². The minimum Gasteiger partial charge on any atom is -0.372 e. The average molecular weight is 294 g/mol. The molecule has 2 aromatic rings. The zero-order chi connectivity index (χ0) is 14.2. The van der Waals surface area contributed by atoms with Crippen molar-refractivity contribution in [2.24, 2.45) is 0 Å². The first-order valence-corrected chi connectivity index (χ1v) is 7.56. The first-order chi connectivity index (χ1) is 9.63. The molecule has 0 bridgehead atoms. The van der Waals surface area contributed by atoms with Crippen LogP contribution in [-0.2, 0) is 23.1 Å². The lowest BCUT2D eigenvalue weighted by atomic mass is 10.4. The molecule has 20 heavy (non-hydrogen) atoms. The Hall–Kier alpha value is -2.00. The summed E-state index contributed by atoms with van der Waals surface area (Å²) in [5, 5.41) is 10.5. The molecule has 9 heteroatoms. The van der Waals surface area contributed by atoms with Gasteiger partial charge in [-0.25, -0.2) is 13.4 Å². The third kappa shape index (κ3) is 2.04. The summed E-state index contributed by atoms with van der Waals surface area (Å²) in [5.41, 5.74) is 0. The maximum Gasteiger partial charge on any atom is 0.247 e. The van der Waals surface area contributed by atoms with E-state index in [0.29, 0.717) is 24.7 Å². The first kappa shape index (κ1) is 13.0. The molecular weight excluding hydrogens is 280 g/mol. The number of pyridine rings is 1. The Bertz CT molecular complexity index is 726. The van der Waals surface area contributed by atoms with Crippen molar-refractivity contribution in [2.75, 3.05) is 18.9 Å². The molecule has 0 atom stereocenters. The third-order valence-electron chi connectivity index (χ3n) is 3.23. The van der Waals surface area contributed by atoms with Crippen molar-refractivity contribution in [1.82, 2.24) is 24.1 Å². The van der Waals surface area contributed by atoms with Gasteiger partial charge in [0.1, 0.15) is 22.9 Å². The zero-order valence-electron chi connectivity index (χ0n) is 10.9. The molecule has 1 aliphatic rings. The standard InChI is InChI=1S/C11H14N6O2S/c1-12-11-9(3-2-4-13-11)20(18,19)17-6-5-16-8-14-15-10(16)7-17/h2-4,8H,5-7H2,1H3,(H,12,13). The van der Waals surface area contributed by atoms with Crippen molar-refractivity contribution in [3.05, 3.63) is 30.5 Å². The maximum absolute atomic E-state index is 12.7. The molecule has 106 valence electrons. The summed E-state index contributed by atoms with van der Waals surface area (Å²) < 4.78 is 28.6. The molecule has 0 saturated carbocycles. The molecule has 1 aliphatic heterocycles. The fourth-order valence-corrected chi connectivity index (χ4v) is 3.71. The first-order valence-electron chi connectivity index (χ1n) is 6.12. The highest BCUT2D eigenvalue weighted by atomic mass is 32.2. The number of rotatable bonds is 3. The normalized spacial score (nSPS) is 15.8. The molecule has 0 unspecified atom stereocenters. The van der Waals surface area contributed by atoms with Crippen molar-refractivity contribution in [3.8, 4) is 0 Å². The van der Waals surface area contributed by atoms with Gasteiger partial charge in [-0.15, -0.1) is 10.2 Å². The molecule has 0 amide bonds. The molecular formula is C11H14N6O2S. The Morgan fingerprint density at radius 1 is 1.35 bits per heavy atom. The summed E-state index contributed by atoms with van der Waals surface area (Å²) >= 11 is 0. The van der Waals surface area contributed by atoms with Gasteiger partial charge in [-0.3, -0.25) is 0 Å². The molecule has 0 saturated heterocycles. The summed E-state index contributed by atoms with van der Waals surface area (Å²) in [5.74, 6) is 0.995. The second-order valence-corrected chi connectivity index (χ2v) is 6.29. The highest BCUT2D eigenvalue weighted by Crippen LogP contribution is 2.24. The van der Waals surface area contributed by atoms with E-state index >= 15 is 0 Å². The van der Waals surface area contributed by atoms with Crippen LogP contribution in [0.15, 0.2) is 29.6 Å². The van der Waals surface area contributed by atoms with Crippen LogP contribution in [0.2, 0.25) is 0 Å². The van der Waals surface area contributed by atoms with E-state index in [4.69, 9.17) is 0 Å². The van der Waals surface area contributed by atoms with E-state index in [9.17, 15) is 8.42 Å². The van der Waals surface area contributed by atoms with Gasteiger partial charge in [-0.05, 0) is 12.1 Å². The van der Waals surface area contributed by atoms with Gasteiger partial charge in [0.25, 0.3) is 0 Å². The summed E-state index contributed by atoms with van der Waals surface area (Å²) in [6, 6.07) is 3.16. The topological polar surface area (TPSA) is 93.0 Å². The lowest BCUT2D eigenvalue weighted by Crippen LogP contribution is -2.38. The summed E-state index contributed by atoms with van der Waals surface area (Å²) in [6.45, 7) is 1.17. The van der Waals surface area contributed by atoms with Gasteiger partial charge >= 0.3 is 0 Å². The molecule has 0 spiro atoms. The Morgan fingerprint density at radius 2 is 2.20 bits per heavy atom. The van der Waals surface area contributed by atoms with E-state index in [1.165, 1.54) is 4.31 Å². The van der Waals surface area contributed by atoms with E-state index in [2.05, 4.69) is 20.5 Å². The minimum atomic E-state index is -3.60. The van der Waals surface area contributed by atoms with Crippen LogP contribution in [0.3, 0.4) is 0 Å². The van der Waals surface area contributed by atoms with Crippen LogP contribution in [-0.4, -0.2) is 46.1 Å². The molecule has 3 rings (SSSR count). The number of sulfonamides is 1. The van der Waals surface area contributed by atoms with Gasteiger partial charge in [-0.1, -0.05) is 0 Å². The van der Waals surface area contributed by atoms with Crippen molar-refractivity contribution in [3.63, 3.8) is 0 Å². The van der Waals surface area contributed by atoms with Crippen LogP contribution in [0.4, 0.5) is 5.82 Å². The van der Waals surface area contributed by atoms with Gasteiger partial charge in [0.05, 0.1) is 6.54 Å². The van der Waals surface area contributed by atoms with Crippen molar-refractivity contribution >= 4 is 15.8 Å². The monoisotopic (exact) mass is 294 g/mol. The highest BCUT2D eigenvalue weighted by molar-refractivity contribution is 7.89. The summed E-state index contributed by atoms with van der Waals surface area (Å²) in [4.78, 5) is 4.22. The van der Waals surface area contributed by atoms with Gasteiger partial charge in [-0.2, -0.15) is 4.31 Å². The lowest BCUT2D eigenvalue weighted by Gasteiger charge is -2.26. The third-order valence-corrected chi connectivity index (χ3v) is 5.11. The maximum atomic E-state index is 12.7. The van der Waals surface area contributed by atoms with Crippen molar-refractivity contribution in [2.45, 2.75) is 18.0 Å². The number of fused-ring (bicyclic) bond motifs is 1. The SMILES string of the molecule is CNc1ncccc1S(=O)(=O)N1CCn2cnnc2C1. The van der Waals surface area contributed by atoms with Crippen LogP contribution >= 0.6 is 0 Å². The second-order valence-electron chi connectivity index (χ2n) is 4.38. The van der Waals surface area contributed by atoms with Gasteiger partial charge in [0.15, 0.2) is 0 Å². The Balaban J connectivity index is 1.97. The Morgan fingerprint density at radius 3 is 3.00 bits per heavy atom. The molecule has 3 heterocycles. The number of aromatic nitrogens is 4. The van der Waals surface area contributed by atoms with Crippen LogP contribution in [0.1, 0.15) is 5.82 Å². The highest BCUT2D eigenvalue weighted by Gasteiger charge is 2.31. The predicted octanol–water partition coefficient (Wildman–Crippen LogP) is -0.0807. The minimum absolute atomic E-state index is 0.176. The zero-order valence-corrected chi connectivity index (χ0v) is 11.7.